The van der Waals surface area contributed by atoms with E-state index in [0.29, 0.717) is 6.61 Å². The van der Waals surface area contributed by atoms with Crippen molar-refractivity contribution in [1.82, 2.24) is 4.72 Å². The van der Waals surface area contributed by atoms with Crippen LogP contribution in [0.4, 0.5) is 18.9 Å². The number of benzene rings is 2. The Morgan fingerprint density at radius 2 is 1.90 bits per heavy atom. The van der Waals surface area contributed by atoms with E-state index < -0.39 is 27.7 Å². The Labute approximate surface area is 166 Å². The SMILES string of the molecule is O=C(Nc1cccc(C(F)(F)F)c1)c1cccc(S(=O)(=O)NC[C@H]2CCCO2)c1. The fourth-order valence-corrected chi connectivity index (χ4v) is 3.98. The molecule has 1 fully saturated rings. The molecule has 0 radical (unpaired) electrons. The number of hydrogen-bond acceptors (Lipinski definition) is 4. The van der Waals surface area contributed by atoms with Crippen LogP contribution in [-0.2, 0) is 20.9 Å². The maximum absolute atomic E-state index is 12.8. The molecule has 6 nitrogen and oxygen atoms in total. The topological polar surface area (TPSA) is 84.5 Å². The van der Waals surface area contributed by atoms with E-state index in [1.54, 1.807) is 0 Å². The van der Waals surface area contributed by atoms with Gasteiger partial charge in [0, 0.05) is 24.4 Å². The van der Waals surface area contributed by atoms with E-state index in [1.807, 2.05) is 0 Å². The van der Waals surface area contributed by atoms with Crippen LogP contribution in [0.5, 0.6) is 0 Å². The Bertz CT molecular complexity index is 987. The van der Waals surface area contributed by atoms with Gasteiger partial charge in [0.05, 0.1) is 16.6 Å². The van der Waals surface area contributed by atoms with Gasteiger partial charge >= 0.3 is 6.18 Å². The average Bonchev–Trinajstić information content (AvgIpc) is 3.20. The van der Waals surface area contributed by atoms with E-state index in [1.165, 1.54) is 36.4 Å². The lowest BCUT2D eigenvalue weighted by molar-refractivity contribution is -0.137. The summed E-state index contributed by atoms with van der Waals surface area (Å²) in [6, 6.07) is 9.46. The smallest absolute Gasteiger partial charge is 0.377 e. The zero-order valence-corrected chi connectivity index (χ0v) is 16.0. The van der Waals surface area contributed by atoms with Crippen molar-refractivity contribution in [2.45, 2.75) is 30.0 Å². The van der Waals surface area contributed by atoms with E-state index in [9.17, 15) is 26.4 Å². The van der Waals surface area contributed by atoms with Gasteiger partial charge < -0.3 is 10.1 Å². The molecule has 2 N–H and O–H groups in total. The summed E-state index contributed by atoms with van der Waals surface area (Å²) in [6.07, 6.45) is -3.08. The summed E-state index contributed by atoms with van der Waals surface area (Å²) in [7, 11) is -3.86. The van der Waals surface area contributed by atoms with Crippen molar-refractivity contribution in [1.29, 1.82) is 0 Å². The molecule has 1 aliphatic heterocycles. The molecular formula is C19H19F3N2O4S. The predicted molar refractivity (Wildman–Crippen MR) is 100 cm³/mol. The molecule has 1 atom stereocenters. The Morgan fingerprint density at radius 1 is 1.14 bits per heavy atom. The molecule has 0 aromatic heterocycles. The second kappa shape index (κ2) is 8.52. The lowest BCUT2D eigenvalue weighted by atomic mass is 10.1. The first-order chi connectivity index (χ1) is 13.6. The van der Waals surface area contributed by atoms with Gasteiger partial charge in [-0.1, -0.05) is 12.1 Å². The van der Waals surface area contributed by atoms with E-state index >= 15 is 0 Å². The minimum absolute atomic E-state index is 0.00223. The van der Waals surface area contributed by atoms with Crippen LogP contribution in [0.15, 0.2) is 53.4 Å². The molecule has 0 spiro atoms. The molecule has 0 aliphatic carbocycles. The van der Waals surface area contributed by atoms with Crippen molar-refractivity contribution in [2.75, 3.05) is 18.5 Å². The molecule has 2 aromatic carbocycles. The molecule has 1 aliphatic rings. The number of carbonyl (C=O) groups is 1. The molecule has 0 bridgehead atoms. The largest absolute Gasteiger partial charge is 0.416 e. The highest BCUT2D eigenvalue weighted by molar-refractivity contribution is 7.89. The van der Waals surface area contributed by atoms with Crippen molar-refractivity contribution in [3.05, 3.63) is 59.7 Å². The Hall–Kier alpha value is -2.43. The zero-order valence-electron chi connectivity index (χ0n) is 15.2. The van der Waals surface area contributed by atoms with Gasteiger partial charge in [-0.2, -0.15) is 13.2 Å². The Morgan fingerprint density at radius 3 is 2.59 bits per heavy atom. The summed E-state index contributed by atoms with van der Waals surface area (Å²) in [5, 5.41) is 2.35. The van der Waals surface area contributed by atoms with E-state index in [4.69, 9.17) is 4.74 Å². The summed E-state index contributed by atoms with van der Waals surface area (Å²) in [5.41, 5.74) is -0.943. The molecule has 1 heterocycles. The lowest BCUT2D eigenvalue weighted by Crippen LogP contribution is -2.32. The van der Waals surface area contributed by atoms with Gasteiger partial charge in [0.15, 0.2) is 0 Å². The Balaban J connectivity index is 1.72. The number of ether oxygens (including phenoxy) is 1. The van der Waals surface area contributed by atoms with Gasteiger partial charge in [-0.15, -0.1) is 0 Å². The molecule has 156 valence electrons. The van der Waals surface area contributed by atoms with Crippen molar-refractivity contribution >= 4 is 21.6 Å². The third kappa shape index (κ3) is 5.55. The first-order valence-corrected chi connectivity index (χ1v) is 10.3. The van der Waals surface area contributed by atoms with Gasteiger partial charge in [-0.25, -0.2) is 13.1 Å². The normalized spacial score (nSPS) is 17.3. The minimum atomic E-state index is -4.54. The third-order valence-electron chi connectivity index (χ3n) is 4.38. The van der Waals surface area contributed by atoms with Crippen LogP contribution < -0.4 is 10.0 Å². The Kier molecular flexibility index (Phi) is 6.25. The standard InChI is InChI=1S/C19H19F3N2O4S/c20-19(21,22)14-5-2-6-15(11-14)24-18(25)13-4-1-8-17(10-13)29(26,27)23-12-16-7-3-9-28-16/h1-2,4-6,8,10-11,16,23H,3,7,9,12H2,(H,24,25)/t16-/m1/s1. The first-order valence-electron chi connectivity index (χ1n) is 8.85. The van der Waals surface area contributed by atoms with Gasteiger partial charge in [0.25, 0.3) is 5.91 Å². The highest BCUT2D eigenvalue weighted by Crippen LogP contribution is 2.30. The molecule has 10 heteroatoms. The summed E-state index contributed by atoms with van der Waals surface area (Å²) >= 11 is 0. The summed E-state index contributed by atoms with van der Waals surface area (Å²) in [6.45, 7) is 0.723. The van der Waals surface area contributed by atoms with Crippen LogP contribution in [0.1, 0.15) is 28.8 Å². The van der Waals surface area contributed by atoms with Crippen LogP contribution >= 0.6 is 0 Å². The molecule has 2 aromatic rings. The zero-order chi connectivity index (χ0) is 21.1. The number of alkyl halides is 3. The van der Waals surface area contributed by atoms with Crippen molar-refractivity contribution < 1.29 is 31.1 Å². The van der Waals surface area contributed by atoms with Crippen LogP contribution in [0.2, 0.25) is 0 Å². The monoisotopic (exact) mass is 428 g/mol. The summed E-state index contributed by atoms with van der Waals surface area (Å²) in [5.74, 6) is -0.722. The highest BCUT2D eigenvalue weighted by Gasteiger charge is 2.30. The van der Waals surface area contributed by atoms with Gasteiger partial charge in [-0.05, 0) is 49.2 Å². The van der Waals surface area contributed by atoms with Crippen LogP contribution in [-0.4, -0.2) is 33.6 Å². The summed E-state index contributed by atoms with van der Waals surface area (Å²) in [4.78, 5) is 12.3. The number of halogens is 3. The molecule has 0 unspecified atom stereocenters. The molecule has 29 heavy (non-hydrogen) atoms. The van der Waals surface area contributed by atoms with Crippen LogP contribution in [0.3, 0.4) is 0 Å². The number of carbonyl (C=O) groups excluding carboxylic acids is 1. The fourth-order valence-electron chi connectivity index (χ4n) is 2.87. The van der Waals surface area contributed by atoms with Gasteiger partial charge in [0.1, 0.15) is 0 Å². The maximum Gasteiger partial charge on any atom is 0.416 e. The maximum atomic E-state index is 12.8. The number of rotatable bonds is 6. The van der Waals surface area contributed by atoms with Gasteiger partial charge in [0.2, 0.25) is 10.0 Å². The number of amides is 1. The second-order valence-electron chi connectivity index (χ2n) is 6.55. The second-order valence-corrected chi connectivity index (χ2v) is 8.31. The van der Waals surface area contributed by atoms with Crippen molar-refractivity contribution in [3.63, 3.8) is 0 Å². The summed E-state index contributed by atoms with van der Waals surface area (Å²) < 4.78 is 71.1. The number of anilines is 1. The lowest BCUT2D eigenvalue weighted by Gasteiger charge is -2.12. The fraction of sp³-hybridized carbons (Fsp3) is 0.316. The van der Waals surface area contributed by atoms with E-state index in [0.717, 1.165) is 25.0 Å². The highest BCUT2D eigenvalue weighted by atomic mass is 32.2. The predicted octanol–water partition coefficient (Wildman–Crippen LogP) is 3.42. The molecule has 1 amide bonds. The van der Waals surface area contributed by atoms with Gasteiger partial charge in [-0.3, -0.25) is 4.79 Å². The van der Waals surface area contributed by atoms with Crippen molar-refractivity contribution in [2.24, 2.45) is 0 Å². The molecule has 0 saturated carbocycles. The van der Waals surface area contributed by atoms with Crippen LogP contribution in [0.25, 0.3) is 0 Å². The third-order valence-corrected chi connectivity index (χ3v) is 5.80. The number of sulfonamides is 1. The quantitative estimate of drug-likeness (QED) is 0.739. The van der Waals surface area contributed by atoms with Crippen LogP contribution in [0, 0.1) is 0 Å². The number of nitrogens with one attached hydrogen (secondary N) is 2. The minimum Gasteiger partial charge on any atom is -0.377 e. The molecule has 1 saturated heterocycles. The molecular weight excluding hydrogens is 409 g/mol. The average molecular weight is 428 g/mol. The first kappa shape index (κ1) is 21.3. The van der Waals surface area contributed by atoms with Crippen molar-refractivity contribution in [3.8, 4) is 0 Å². The van der Waals surface area contributed by atoms with E-state index in [-0.39, 0.29) is 28.8 Å². The molecule has 3 rings (SSSR count). The van der Waals surface area contributed by atoms with E-state index in [2.05, 4.69) is 10.0 Å². The number of hydrogen-bond donors (Lipinski definition) is 2.